The zero-order chi connectivity index (χ0) is 15.8. The summed E-state index contributed by atoms with van der Waals surface area (Å²) < 4.78 is 15.9. The Bertz CT molecular complexity index is 993. The van der Waals surface area contributed by atoms with Gasteiger partial charge in [-0.05, 0) is 24.3 Å². The van der Waals surface area contributed by atoms with E-state index in [1.807, 2.05) is 40.9 Å². The number of fused-ring (bicyclic) bond motifs is 1. The van der Waals surface area contributed by atoms with Crippen molar-refractivity contribution in [1.82, 2.24) is 14.4 Å². The summed E-state index contributed by atoms with van der Waals surface area (Å²) in [4.78, 5) is 8.78. The number of hydrogen-bond acceptors (Lipinski definition) is 3. The highest BCUT2D eigenvalue weighted by molar-refractivity contribution is 5.68. The second-order valence-corrected chi connectivity index (χ2v) is 5.23. The number of aromatic nitrogens is 3. The smallest absolute Gasteiger partial charge is 0.234 e. The highest BCUT2D eigenvalue weighted by atomic mass is 19.1. The van der Waals surface area contributed by atoms with Gasteiger partial charge in [0.15, 0.2) is 0 Å². The summed E-state index contributed by atoms with van der Waals surface area (Å²) in [6.45, 7) is 0. The van der Waals surface area contributed by atoms with Crippen LogP contribution in [0.2, 0.25) is 0 Å². The molecule has 0 aliphatic heterocycles. The summed E-state index contributed by atoms with van der Waals surface area (Å²) in [6.07, 6.45) is 3.60. The molecule has 0 atom stereocenters. The number of anilines is 1. The normalized spacial score (nSPS) is 11.0. The van der Waals surface area contributed by atoms with E-state index in [9.17, 15) is 4.39 Å². The Hall–Kier alpha value is -3.21. The largest absolute Gasteiger partial charge is 0.399 e. The maximum Gasteiger partial charge on any atom is 0.234 e. The summed E-state index contributed by atoms with van der Waals surface area (Å²) in [7, 11) is 0. The minimum atomic E-state index is -0.356. The Labute approximate surface area is 132 Å². The van der Waals surface area contributed by atoms with Crippen molar-refractivity contribution in [2.24, 2.45) is 0 Å². The Balaban J connectivity index is 1.86. The third kappa shape index (κ3) is 2.32. The Morgan fingerprint density at radius 2 is 1.83 bits per heavy atom. The van der Waals surface area contributed by atoms with Gasteiger partial charge >= 0.3 is 0 Å². The van der Waals surface area contributed by atoms with Gasteiger partial charge in [-0.3, -0.25) is 4.40 Å². The molecule has 0 aliphatic rings. The molecule has 0 fully saturated rings. The van der Waals surface area contributed by atoms with E-state index >= 15 is 0 Å². The van der Waals surface area contributed by atoms with E-state index in [0.717, 1.165) is 11.3 Å². The van der Waals surface area contributed by atoms with Crippen LogP contribution in [0.15, 0.2) is 67.0 Å². The van der Waals surface area contributed by atoms with Crippen molar-refractivity contribution in [2.75, 3.05) is 5.73 Å². The van der Waals surface area contributed by atoms with Crippen LogP contribution in [0.25, 0.3) is 28.3 Å². The summed E-state index contributed by atoms with van der Waals surface area (Å²) in [5.74, 6) is 0.161. The number of nitrogen functional groups attached to an aromatic ring is 1. The summed E-state index contributed by atoms with van der Waals surface area (Å²) in [5, 5.41) is 0. The maximum atomic E-state index is 14.0. The average molecular weight is 304 g/mol. The van der Waals surface area contributed by atoms with Gasteiger partial charge in [-0.25, -0.2) is 14.4 Å². The minimum absolute atomic E-state index is 0.356. The second-order valence-electron chi connectivity index (χ2n) is 5.23. The molecule has 0 saturated heterocycles. The molecule has 0 aliphatic carbocycles. The molecule has 0 radical (unpaired) electrons. The van der Waals surface area contributed by atoms with Crippen LogP contribution in [0, 0.1) is 5.82 Å². The predicted octanol–water partition coefficient (Wildman–Crippen LogP) is 3.78. The molecule has 0 spiro atoms. The van der Waals surface area contributed by atoms with Crippen LogP contribution in [-0.4, -0.2) is 14.4 Å². The summed E-state index contributed by atoms with van der Waals surface area (Å²) in [6, 6.07) is 16.1. The van der Waals surface area contributed by atoms with E-state index in [-0.39, 0.29) is 5.82 Å². The van der Waals surface area contributed by atoms with Crippen molar-refractivity contribution in [3.63, 3.8) is 0 Å². The number of benzene rings is 2. The van der Waals surface area contributed by atoms with Gasteiger partial charge in [0.05, 0.1) is 17.6 Å². The third-order valence-electron chi connectivity index (χ3n) is 3.72. The first-order chi connectivity index (χ1) is 11.2. The quantitative estimate of drug-likeness (QED) is 0.573. The van der Waals surface area contributed by atoms with Crippen molar-refractivity contribution >= 4 is 11.5 Å². The molecule has 4 nitrogen and oxygen atoms in total. The maximum absolute atomic E-state index is 14.0. The van der Waals surface area contributed by atoms with E-state index in [1.165, 1.54) is 12.1 Å². The van der Waals surface area contributed by atoms with Gasteiger partial charge in [0.25, 0.3) is 0 Å². The first kappa shape index (κ1) is 13.5. The summed E-state index contributed by atoms with van der Waals surface area (Å²) >= 11 is 0. The van der Waals surface area contributed by atoms with Gasteiger partial charge in [-0.2, -0.15) is 0 Å². The highest BCUT2D eigenvalue weighted by Gasteiger charge is 2.11. The van der Waals surface area contributed by atoms with Gasteiger partial charge in [0.2, 0.25) is 5.78 Å². The average Bonchev–Trinajstić information content (AvgIpc) is 3.01. The molecular formula is C18H13FN4. The predicted molar refractivity (Wildman–Crippen MR) is 88.2 cm³/mol. The van der Waals surface area contributed by atoms with Crippen molar-refractivity contribution in [2.45, 2.75) is 0 Å². The van der Waals surface area contributed by atoms with Crippen LogP contribution in [0.4, 0.5) is 10.1 Å². The number of rotatable bonds is 2. The van der Waals surface area contributed by atoms with Crippen LogP contribution in [-0.2, 0) is 0 Å². The lowest BCUT2D eigenvalue weighted by Crippen LogP contribution is -1.96. The molecule has 2 aromatic carbocycles. The van der Waals surface area contributed by atoms with E-state index in [1.54, 1.807) is 18.3 Å². The lowest BCUT2D eigenvalue weighted by Gasteiger charge is -2.06. The molecule has 2 N–H and O–H groups in total. The standard InChI is InChI=1S/C18H13FN4/c19-15-7-6-13(20)10-14(15)16-8-9-23-17(11-21-18(23)22-16)12-4-2-1-3-5-12/h1-11H,20H2. The molecule has 23 heavy (non-hydrogen) atoms. The SMILES string of the molecule is Nc1ccc(F)c(-c2ccn3c(-c4ccccc4)cnc3n2)c1. The molecule has 5 heteroatoms. The molecule has 0 unspecified atom stereocenters. The number of halogens is 1. The minimum Gasteiger partial charge on any atom is -0.399 e. The van der Waals surface area contributed by atoms with Crippen molar-refractivity contribution in [3.05, 3.63) is 72.8 Å². The van der Waals surface area contributed by atoms with Crippen LogP contribution >= 0.6 is 0 Å². The fraction of sp³-hybridized carbons (Fsp3) is 0. The topological polar surface area (TPSA) is 56.2 Å². The number of imidazole rings is 1. The van der Waals surface area contributed by atoms with Crippen molar-refractivity contribution in [1.29, 1.82) is 0 Å². The number of nitrogens with zero attached hydrogens (tertiary/aromatic N) is 3. The monoisotopic (exact) mass is 304 g/mol. The van der Waals surface area contributed by atoms with E-state index in [2.05, 4.69) is 9.97 Å². The molecule has 4 aromatic rings. The van der Waals surface area contributed by atoms with Crippen molar-refractivity contribution in [3.8, 4) is 22.5 Å². The Morgan fingerprint density at radius 3 is 2.65 bits per heavy atom. The first-order valence-corrected chi connectivity index (χ1v) is 7.17. The Morgan fingerprint density at radius 1 is 1.00 bits per heavy atom. The third-order valence-corrected chi connectivity index (χ3v) is 3.72. The molecular weight excluding hydrogens is 291 g/mol. The van der Waals surface area contributed by atoms with Gasteiger partial charge in [0, 0.05) is 23.0 Å². The molecule has 2 heterocycles. The lowest BCUT2D eigenvalue weighted by atomic mass is 10.1. The van der Waals surface area contributed by atoms with Crippen molar-refractivity contribution < 1.29 is 4.39 Å². The van der Waals surface area contributed by atoms with Gasteiger partial charge in [-0.1, -0.05) is 30.3 Å². The molecule has 0 amide bonds. The fourth-order valence-electron chi connectivity index (χ4n) is 2.58. The van der Waals surface area contributed by atoms with Crippen LogP contribution in [0.1, 0.15) is 0 Å². The van der Waals surface area contributed by atoms with E-state index < -0.39 is 0 Å². The van der Waals surface area contributed by atoms with Gasteiger partial charge < -0.3 is 5.73 Å². The zero-order valence-corrected chi connectivity index (χ0v) is 12.1. The lowest BCUT2D eigenvalue weighted by molar-refractivity contribution is 0.631. The fourth-order valence-corrected chi connectivity index (χ4v) is 2.58. The first-order valence-electron chi connectivity index (χ1n) is 7.17. The Kier molecular flexibility index (Phi) is 3.05. The zero-order valence-electron chi connectivity index (χ0n) is 12.1. The highest BCUT2D eigenvalue weighted by Crippen LogP contribution is 2.25. The van der Waals surface area contributed by atoms with E-state index in [4.69, 9.17) is 5.73 Å². The molecule has 4 rings (SSSR count). The second kappa shape index (κ2) is 5.21. The molecule has 112 valence electrons. The van der Waals surface area contributed by atoms with Gasteiger partial charge in [0.1, 0.15) is 5.82 Å². The van der Waals surface area contributed by atoms with Gasteiger partial charge in [-0.15, -0.1) is 0 Å². The van der Waals surface area contributed by atoms with Crippen LogP contribution < -0.4 is 5.73 Å². The number of nitrogens with two attached hydrogens (primary N) is 1. The molecule has 0 saturated carbocycles. The molecule has 0 bridgehead atoms. The number of hydrogen-bond donors (Lipinski definition) is 1. The summed E-state index contributed by atoms with van der Waals surface area (Å²) in [5.41, 5.74) is 9.10. The molecule has 2 aromatic heterocycles. The van der Waals surface area contributed by atoms with Crippen LogP contribution in [0.5, 0.6) is 0 Å². The van der Waals surface area contributed by atoms with Crippen LogP contribution in [0.3, 0.4) is 0 Å². The van der Waals surface area contributed by atoms with E-state index in [0.29, 0.717) is 22.7 Å².